The number of hydrogen-bond donors (Lipinski definition) is 2. The maximum absolute atomic E-state index is 12.5. The van der Waals surface area contributed by atoms with Gasteiger partial charge in [-0.3, -0.25) is 0 Å². The highest BCUT2D eigenvalue weighted by atomic mass is 19.4. The Morgan fingerprint density at radius 3 is 1.94 bits per heavy atom. The second-order valence-electron chi connectivity index (χ2n) is 4.66. The zero-order chi connectivity index (χ0) is 13.2. The summed E-state index contributed by atoms with van der Waals surface area (Å²) in [7, 11) is 0. The molecular weight excluding hydrogens is 225 g/mol. The lowest BCUT2D eigenvalue weighted by atomic mass is 10.0. The van der Waals surface area contributed by atoms with Crippen LogP contribution in [0.4, 0.5) is 18.0 Å². The van der Waals surface area contributed by atoms with Crippen LogP contribution >= 0.6 is 0 Å². The van der Waals surface area contributed by atoms with Gasteiger partial charge in [-0.05, 0) is 27.7 Å². The molecule has 1 atom stereocenters. The summed E-state index contributed by atoms with van der Waals surface area (Å²) < 4.78 is 42.4. The van der Waals surface area contributed by atoms with Gasteiger partial charge in [0.25, 0.3) is 0 Å². The van der Waals surface area contributed by atoms with Crippen molar-refractivity contribution in [1.29, 1.82) is 0 Å². The SMILES string of the molecule is CC(C)(C)OC(=O)NC(C)(CN)C(F)(F)F. The van der Waals surface area contributed by atoms with Crippen LogP contribution < -0.4 is 11.1 Å². The topological polar surface area (TPSA) is 64.3 Å². The molecule has 7 heteroatoms. The smallest absolute Gasteiger partial charge is 0.412 e. The average molecular weight is 242 g/mol. The van der Waals surface area contributed by atoms with E-state index in [1.54, 1.807) is 26.1 Å². The van der Waals surface area contributed by atoms with Crippen molar-refractivity contribution < 1.29 is 22.7 Å². The van der Waals surface area contributed by atoms with Crippen molar-refractivity contribution in [2.24, 2.45) is 5.73 Å². The van der Waals surface area contributed by atoms with Crippen molar-refractivity contribution in [3.05, 3.63) is 0 Å². The molecule has 0 rings (SSSR count). The van der Waals surface area contributed by atoms with Crippen molar-refractivity contribution in [2.45, 2.75) is 45.0 Å². The summed E-state index contributed by atoms with van der Waals surface area (Å²) in [6.07, 6.45) is -5.77. The summed E-state index contributed by atoms with van der Waals surface area (Å²) in [4.78, 5) is 11.2. The number of ether oxygens (including phenoxy) is 1. The van der Waals surface area contributed by atoms with Gasteiger partial charge in [-0.15, -0.1) is 0 Å². The van der Waals surface area contributed by atoms with Gasteiger partial charge in [0.15, 0.2) is 0 Å². The van der Waals surface area contributed by atoms with Crippen LogP contribution in [0.5, 0.6) is 0 Å². The summed E-state index contributed by atoms with van der Waals surface area (Å²) in [6.45, 7) is 4.71. The normalized spacial score (nSPS) is 16.5. The van der Waals surface area contributed by atoms with Crippen molar-refractivity contribution in [3.63, 3.8) is 0 Å². The van der Waals surface area contributed by atoms with Gasteiger partial charge in [0.1, 0.15) is 11.1 Å². The highest BCUT2D eigenvalue weighted by Crippen LogP contribution is 2.29. The van der Waals surface area contributed by atoms with E-state index in [0.717, 1.165) is 6.92 Å². The monoisotopic (exact) mass is 242 g/mol. The molecule has 16 heavy (non-hydrogen) atoms. The van der Waals surface area contributed by atoms with E-state index in [9.17, 15) is 18.0 Å². The lowest BCUT2D eigenvalue weighted by molar-refractivity contribution is -0.186. The van der Waals surface area contributed by atoms with Crippen LogP contribution in [-0.2, 0) is 4.74 Å². The van der Waals surface area contributed by atoms with Gasteiger partial charge < -0.3 is 15.8 Å². The average Bonchev–Trinajstić information content (AvgIpc) is 1.97. The Morgan fingerprint density at radius 1 is 1.25 bits per heavy atom. The van der Waals surface area contributed by atoms with E-state index >= 15 is 0 Å². The second-order valence-corrected chi connectivity index (χ2v) is 4.66. The number of hydrogen-bond acceptors (Lipinski definition) is 3. The molecular formula is C9H17F3N2O2. The minimum absolute atomic E-state index is 0.754. The Morgan fingerprint density at radius 2 is 1.69 bits per heavy atom. The van der Waals surface area contributed by atoms with Crippen molar-refractivity contribution in [1.82, 2.24) is 5.32 Å². The molecule has 96 valence electrons. The van der Waals surface area contributed by atoms with E-state index in [4.69, 9.17) is 10.5 Å². The van der Waals surface area contributed by atoms with Crippen LogP contribution in [0.3, 0.4) is 0 Å². The summed E-state index contributed by atoms with van der Waals surface area (Å²) in [5.41, 5.74) is 1.68. The summed E-state index contributed by atoms with van der Waals surface area (Å²) in [5, 5.41) is 1.73. The molecule has 0 aliphatic carbocycles. The molecule has 0 aromatic rings. The second kappa shape index (κ2) is 4.48. The molecule has 0 fully saturated rings. The first-order valence-electron chi connectivity index (χ1n) is 4.69. The molecule has 4 nitrogen and oxygen atoms in total. The number of carbonyl (C=O) groups is 1. The molecule has 0 aromatic carbocycles. The predicted molar refractivity (Wildman–Crippen MR) is 52.9 cm³/mol. The molecule has 1 unspecified atom stereocenters. The molecule has 0 saturated heterocycles. The highest BCUT2D eigenvalue weighted by molar-refractivity contribution is 5.69. The number of alkyl carbamates (subject to hydrolysis) is 1. The highest BCUT2D eigenvalue weighted by Gasteiger charge is 2.51. The van der Waals surface area contributed by atoms with E-state index in [1.165, 1.54) is 0 Å². The number of nitrogens with one attached hydrogen (secondary N) is 1. The molecule has 0 aliphatic heterocycles. The lowest BCUT2D eigenvalue weighted by Crippen LogP contribution is -2.61. The number of nitrogens with two attached hydrogens (primary N) is 1. The molecule has 1 amide bonds. The van der Waals surface area contributed by atoms with Crippen molar-refractivity contribution in [3.8, 4) is 0 Å². The molecule has 0 saturated carbocycles. The van der Waals surface area contributed by atoms with Crippen molar-refractivity contribution >= 4 is 6.09 Å². The van der Waals surface area contributed by atoms with E-state index in [-0.39, 0.29) is 0 Å². The zero-order valence-corrected chi connectivity index (χ0v) is 9.73. The third-order valence-electron chi connectivity index (χ3n) is 1.81. The summed E-state index contributed by atoms with van der Waals surface area (Å²) >= 11 is 0. The van der Waals surface area contributed by atoms with Crippen LogP contribution in [0.2, 0.25) is 0 Å². The van der Waals surface area contributed by atoms with E-state index in [2.05, 4.69) is 0 Å². The van der Waals surface area contributed by atoms with E-state index in [1.807, 2.05) is 0 Å². The van der Waals surface area contributed by atoms with Gasteiger partial charge in [0.2, 0.25) is 0 Å². The van der Waals surface area contributed by atoms with E-state index in [0.29, 0.717) is 0 Å². The maximum Gasteiger partial charge on any atom is 0.412 e. The summed E-state index contributed by atoms with van der Waals surface area (Å²) in [5.74, 6) is 0. The van der Waals surface area contributed by atoms with E-state index < -0.39 is 30.0 Å². The van der Waals surface area contributed by atoms with Gasteiger partial charge in [-0.25, -0.2) is 4.79 Å². The Labute approximate surface area is 92.3 Å². The number of carbonyl (C=O) groups excluding carboxylic acids is 1. The minimum Gasteiger partial charge on any atom is -0.444 e. The first kappa shape index (κ1) is 15.0. The lowest BCUT2D eigenvalue weighted by Gasteiger charge is -2.32. The van der Waals surface area contributed by atoms with Crippen molar-refractivity contribution in [2.75, 3.05) is 6.54 Å². The zero-order valence-electron chi connectivity index (χ0n) is 9.73. The minimum atomic E-state index is -4.63. The standard InChI is InChI=1S/C9H17F3N2O2/c1-7(2,3)16-6(15)14-8(4,5-13)9(10,11)12/h5,13H2,1-4H3,(H,14,15). The fourth-order valence-corrected chi connectivity index (χ4v) is 0.766. The van der Waals surface area contributed by atoms with Gasteiger partial charge in [0.05, 0.1) is 0 Å². The van der Waals surface area contributed by atoms with Crippen LogP contribution in [-0.4, -0.2) is 30.0 Å². The molecule has 0 aromatic heterocycles. The van der Waals surface area contributed by atoms with Gasteiger partial charge in [-0.2, -0.15) is 13.2 Å². The van der Waals surface area contributed by atoms with Gasteiger partial charge in [0, 0.05) is 6.54 Å². The fraction of sp³-hybridized carbons (Fsp3) is 0.889. The molecule has 0 aliphatic rings. The Balaban J connectivity index is 4.63. The molecule has 0 spiro atoms. The Hall–Kier alpha value is -0.980. The Bertz CT molecular complexity index is 260. The van der Waals surface area contributed by atoms with Crippen LogP contribution in [0.1, 0.15) is 27.7 Å². The van der Waals surface area contributed by atoms with Gasteiger partial charge >= 0.3 is 12.3 Å². The third kappa shape index (κ3) is 4.26. The molecule has 3 N–H and O–H groups in total. The quantitative estimate of drug-likeness (QED) is 0.776. The summed E-state index contributed by atoms with van der Waals surface area (Å²) in [6, 6.07) is 0. The first-order chi connectivity index (χ1) is 6.91. The molecule has 0 radical (unpaired) electrons. The van der Waals surface area contributed by atoms with Crippen LogP contribution in [0.15, 0.2) is 0 Å². The number of rotatable bonds is 2. The number of halogens is 3. The van der Waals surface area contributed by atoms with Crippen LogP contribution in [0, 0.1) is 0 Å². The van der Waals surface area contributed by atoms with Gasteiger partial charge in [-0.1, -0.05) is 0 Å². The first-order valence-corrected chi connectivity index (χ1v) is 4.69. The predicted octanol–water partition coefficient (Wildman–Crippen LogP) is 1.79. The molecule has 0 heterocycles. The maximum atomic E-state index is 12.5. The fourth-order valence-electron chi connectivity index (χ4n) is 0.766. The van der Waals surface area contributed by atoms with Crippen LogP contribution in [0.25, 0.3) is 0 Å². The number of alkyl halides is 3. The Kier molecular flexibility index (Phi) is 4.21. The molecule has 0 bridgehead atoms. The largest absolute Gasteiger partial charge is 0.444 e. The third-order valence-corrected chi connectivity index (χ3v) is 1.81. The number of amides is 1.